The van der Waals surface area contributed by atoms with Crippen LogP contribution in [0, 0.1) is 5.92 Å². The average molecular weight is 406 g/mol. The molecule has 1 heterocycles. The molecule has 29 heavy (non-hydrogen) atoms. The lowest BCUT2D eigenvalue weighted by atomic mass is 9.98. The third-order valence-electron chi connectivity index (χ3n) is 5.44. The highest BCUT2D eigenvalue weighted by molar-refractivity contribution is 5.39. The van der Waals surface area contributed by atoms with E-state index >= 15 is 0 Å². The van der Waals surface area contributed by atoms with E-state index in [0.29, 0.717) is 18.3 Å². The van der Waals surface area contributed by atoms with Gasteiger partial charge in [0.25, 0.3) is 0 Å². The van der Waals surface area contributed by atoms with Crippen molar-refractivity contribution in [2.45, 2.75) is 38.3 Å². The Bertz CT molecular complexity index is 744. The first-order valence-electron chi connectivity index (χ1n) is 10.3. The molecule has 0 aliphatic carbocycles. The second kappa shape index (κ2) is 10.0. The van der Waals surface area contributed by atoms with Crippen molar-refractivity contribution < 1.29 is 17.9 Å². The molecule has 1 fully saturated rings. The summed E-state index contributed by atoms with van der Waals surface area (Å²) in [6.45, 7) is 3.72. The lowest BCUT2D eigenvalue weighted by molar-refractivity contribution is -0.137. The van der Waals surface area contributed by atoms with Crippen LogP contribution in [-0.2, 0) is 12.6 Å². The van der Waals surface area contributed by atoms with Gasteiger partial charge < -0.3 is 15.4 Å². The number of benzene rings is 2. The maximum atomic E-state index is 12.6. The maximum absolute atomic E-state index is 12.6. The van der Waals surface area contributed by atoms with Crippen LogP contribution in [0.2, 0.25) is 0 Å². The molecule has 6 heteroatoms. The smallest absolute Gasteiger partial charge is 0.416 e. The van der Waals surface area contributed by atoms with E-state index in [4.69, 9.17) is 10.5 Å². The molecule has 2 N–H and O–H groups in total. The van der Waals surface area contributed by atoms with Gasteiger partial charge >= 0.3 is 6.18 Å². The normalized spacial score (nSPS) is 18.0. The first kappa shape index (κ1) is 21.5. The summed E-state index contributed by atoms with van der Waals surface area (Å²) in [7, 11) is 0. The minimum absolute atomic E-state index is 0.420. The Morgan fingerprint density at radius 1 is 1.00 bits per heavy atom. The van der Waals surface area contributed by atoms with E-state index in [1.807, 2.05) is 12.1 Å². The van der Waals surface area contributed by atoms with E-state index in [1.54, 1.807) is 0 Å². The number of alkyl halides is 3. The van der Waals surface area contributed by atoms with Gasteiger partial charge in [0.1, 0.15) is 5.75 Å². The van der Waals surface area contributed by atoms with Gasteiger partial charge in [-0.25, -0.2) is 0 Å². The van der Waals surface area contributed by atoms with Gasteiger partial charge in [0.05, 0.1) is 12.2 Å². The Kier molecular flexibility index (Phi) is 7.42. The third-order valence-corrected chi connectivity index (χ3v) is 5.44. The van der Waals surface area contributed by atoms with E-state index in [-0.39, 0.29) is 0 Å². The number of nitrogens with two attached hydrogens (primary N) is 1. The zero-order valence-corrected chi connectivity index (χ0v) is 16.6. The van der Waals surface area contributed by atoms with Gasteiger partial charge in [0.2, 0.25) is 0 Å². The quantitative estimate of drug-likeness (QED) is 0.471. The van der Waals surface area contributed by atoms with Gasteiger partial charge in [-0.1, -0.05) is 12.1 Å². The summed E-state index contributed by atoms with van der Waals surface area (Å²) in [5.41, 5.74) is 7.19. The molecule has 1 saturated heterocycles. The molecule has 1 atom stereocenters. The van der Waals surface area contributed by atoms with E-state index in [0.717, 1.165) is 69.6 Å². The summed E-state index contributed by atoms with van der Waals surface area (Å²) < 4.78 is 43.6. The number of likely N-dealkylation sites (tertiary alicyclic amines) is 1. The van der Waals surface area contributed by atoms with Crippen LogP contribution >= 0.6 is 0 Å². The van der Waals surface area contributed by atoms with Gasteiger partial charge in [0, 0.05) is 18.2 Å². The number of hydrogen-bond donors (Lipinski definition) is 1. The van der Waals surface area contributed by atoms with Crippen molar-refractivity contribution in [1.29, 1.82) is 0 Å². The predicted molar refractivity (Wildman–Crippen MR) is 110 cm³/mol. The molecule has 158 valence electrons. The Balaban J connectivity index is 1.36. The number of rotatable bonds is 8. The monoisotopic (exact) mass is 406 g/mol. The summed E-state index contributed by atoms with van der Waals surface area (Å²) in [5, 5.41) is 0. The van der Waals surface area contributed by atoms with Crippen molar-refractivity contribution in [3.63, 3.8) is 0 Å². The van der Waals surface area contributed by atoms with Crippen molar-refractivity contribution in [2.24, 2.45) is 5.92 Å². The Labute approximate surface area is 170 Å². The molecule has 3 nitrogen and oxygen atoms in total. The van der Waals surface area contributed by atoms with Crippen molar-refractivity contribution >= 4 is 5.69 Å². The number of hydrogen-bond acceptors (Lipinski definition) is 3. The lowest BCUT2D eigenvalue weighted by Crippen LogP contribution is -2.38. The highest BCUT2D eigenvalue weighted by Crippen LogP contribution is 2.30. The van der Waals surface area contributed by atoms with E-state index in [2.05, 4.69) is 17.0 Å². The predicted octanol–water partition coefficient (Wildman–Crippen LogP) is 5.40. The molecule has 1 aliphatic heterocycles. The number of anilines is 1. The number of nitrogen functional groups attached to an aromatic ring is 1. The summed E-state index contributed by atoms with van der Waals surface area (Å²) in [4.78, 5) is 2.48. The number of unbranched alkanes of at least 4 members (excludes halogenated alkanes) is 1. The van der Waals surface area contributed by atoms with Crippen LogP contribution in [0.5, 0.6) is 5.75 Å². The van der Waals surface area contributed by atoms with Gasteiger partial charge in [-0.05, 0) is 87.2 Å². The molecule has 3 rings (SSSR count). The van der Waals surface area contributed by atoms with Crippen LogP contribution in [0.1, 0.15) is 36.8 Å². The zero-order valence-electron chi connectivity index (χ0n) is 16.6. The Morgan fingerprint density at radius 3 is 2.41 bits per heavy atom. The van der Waals surface area contributed by atoms with Crippen molar-refractivity contribution in [1.82, 2.24) is 4.90 Å². The number of nitrogens with zero attached hydrogens (tertiary/aromatic N) is 1. The molecule has 0 saturated carbocycles. The summed E-state index contributed by atoms with van der Waals surface area (Å²) in [6, 6.07) is 13.0. The number of aryl methyl sites for hydroxylation is 1. The molecule has 0 spiro atoms. The SMILES string of the molecule is Nc1ccc(CCCCN2CCCC(COc3ccc(C(F)(F)F)cc3)C2)cc1. The molecule has 0 amide bonds. The molecular formula is C23H29F3N2O. The second-order valence-corrected chi connectivity index (χ2v) is 7.84. The first-order chi connectivity index (χ1) is 13.9. The van der Waals surface area contributed by atoms with Crippen LogP contribution in [0.4, 0.5) is 18.9 Å². The van der Waals surface area contributed by atoms with E-state index in [9.17, 15) is 13.2 Å². The van der Waals surface area contributed by atoms with Gasteiger partial charge in [-0.15, -0.1) is 0 Å². The Morgan fingerprint density at radius 2 is 1.72 bits per heavy atom. The van der Waals surface area contributed by atoms with Crippen LogP contribution in [-0.4, -0.2) is 31.1 Å². The average Bonchev–Trinajstić information content (AvgIpc) is 2.71. The summed E-state index contributed by atoms with van der Waals surface area (Å²) in [5.74, 6) is 0.918. The first-order valence-corrected chi connectivity index (χ1v) is 10.3. The number of halogens is 3. The minimum Gasteiger partial charge on any atom is -0.493 e. The fourth-order valence-corrected chi connectivity index (χ4v) is 3.79. The van der Waals surface area contributed by atoms with Crippen LogP contribution in [0.15, 0.2) is 48.5 Å². The largest absolute Gasteiger partial charge is 0.493 e. The second-order valence-electron chi connectivity index (χ2n) is 7.84. The van der Waals surface area contributed by atoms with E-state index < -0.39 is 11.7 Å². The lowest BCUT2D eigenvalue weighted by Gasteiger charge is -2.32. The van der Waals surface area contributed by atoms with E-state index in [1.165, 1.54) is 17.7 Å². The highest BCUT2D eigenvalue weighted by atomic mass is 19.4. The molecular weight excluding hydrogens is 377 g/mol. The van der Waals surface area contributed by atoms with Gasteiger partial charge in [-0.2, -0.15) is 13.2 Å². The number of piperidine rings is 1. The highest BCUT2D eigenvalue weighted by Gasteiger charge is 2.30. The fraction of sp³-hybridized carbons (Fsp3) is 0.478. The molecule has 1 unspecified atom stereocenters. The minimum atomic E-state index is -4.31. The van der Waals surface area contributed by atoms with Crippen LogP contribution < -0.4 is 10.5 Å². The number of ether oxygens (including phenoxy) is 1. The molecule has 0 radical (unpaired) electrons. The van der Waals surface area contributed by atoms with Crippen molar-refractivity contribution in [2.75, 3.05) is 32.0 Å². The standard InChI is InChI=1S/C23H29F3N2O/c24-23(25,26)20-8-12-22(13-9-20)29-17-19-5-3-15-28(16-19)14-2-1-4-18-6-10-21(27)11-7-18/h6-13,19H,1-5,14-17,27H2. The third kappa shape index (κ3) is 6.96. The Hall–Kier alpha value is -2.21. The fourth-order valence-electron chi connectivity index (χ4n) is 3.79. The molecule has 0 bridgehead atoms. The molecule has 0 aromatic heterocycles. The summed E-state index contributed by atoms with van der Waals surface area (Å²) in [6.07, 6.45) is 1.29. The maximum Gasteiger partial charge on any atom is 0.416 e. The van der Waals surface area contributed by atoms with Gasteiger partial charge in [-0.3, -0.25) is 0 Å². The van der Waals surface area contributed by atoms with Crippen LogP contribution in [0.25, 0.3) is 0 Å². The molecule has 2 aromatic carbocycles. The van der Waals surface area contributed by atoms with Crippen LogP contribution in [0.3, 0.4) is 0 Å². The van der Waals surface area contributed by atoms with Crippen molar-refractivity contribution in [3.05, 3.63) is 59.7 Å². The molecule has 1 aliphatic rings. The topological polar surface area (TPSA) is 38.5 Å². The van der Waals surface area contributed by atoms with Crippen molar-refractivity contribution in [3.8, 4) is 5.75 Å². The summed E-state index contributed by atoms with van der Waals surface area (Å²) >= 11 is 0. The zero-order chi connectivity index (χ0) is 20.7. The van der Waals surface area contributed by atoms with Gasteiger partial charge in [0.15, 0.2) is 0 Å². The molecule has 2 aromatic rings.